The number of carbonyl (C=O) groups excluding carboxylic acids is 1. The molecule has 2 aromatic rings. The molecule has 5 aliphatic rings. The van der Waals surface area contributed by atoms with Crippen molar-refractivity contribution in [3.05, 3.63) is 35.5 Å². The van der Waals surface area contributed by atoms with Crippen LogP contribution in [0.1, 0.15) is 50.2 Å². The van der Waals surface area contributed by atoms with Gasteiger partial charge in [0.25, 0.3) is 5.91 Å². The van der Waals surface area contributed by atoms with Gasteiger partial charge < -0.3 is 25.3 Å². The second kappa shape index (κ2) is 8.27. The molecule has 4 heterocycles. The van der Waals surface area contributed by atoms with Gasteiger partial charge in [0, 0.05) is 30.4 Å². The van der Waals surface area contributed by atoms with Crippen LogP contribution in [0.25, 0.3) is 10.9 Å². The topological polar surface area (TPSA) is 123 Å². The Morgan fingerprint density at radius 1 is 1.40 bits per heavy atom. The lowest BCUT2D eigenvalue weighted by Gasteiger charge is -2.39. The summed E-state index contributed by atoms with van der Waals surface area (Å²) < 4.78 is 11.8. The van der Waals surface area contributed by atoms with Gasteiger partial charge in [-0.05, 0) is 74.8 Å². The van der Waals surface area contributed by atoms with Crippen LogP contribution in [0.5, 0.6) is 5.75 Å². The van der Waals surface area contributed by atoms with Crippen LogP contribution < -0.4 is 10.6 Å². The minimum absolute atomic E-state index is 0.132. The molecule has 1 amide bonds. The summed E-state index contributed by atoms with van der Waals surface area (Å²) in [5.74, 6) is 6.29. The highest BCUT2D eigenvalue weighted by molar-refractivity contribution is 6.32. The number of carbonyl (C=O) groups is 1. The predicted molar refractivity (Wildman–Crippen MR) is 132 cm³/mol. The van der Waals surface area contributed by atoms with Crippen LogP contribution in [0.4, 0.5) is 0 Å². The average molecular weight is 478 g/mol. The first-order valence-corrected chi connectivity index (χ1v) is 12.4. The predicted octanol–water partition coefficient (Wildman–Crippen LogP) is 2.12. The number of hydrogen-bond acceptors (Lipinski definition) is 8. The van der Waals surface area contributed by atoms with E-state index in [0.29, 0.717) is 38.3 Å². The lowest BCUT2D eigenvalue weighted by Crippen LogP contribution is -2.53. The number of fused-ring (bicyclic) bond motifs is 4. The molecule has 0 radical (unpaired) electrons. The van der Waals surface area contributed by atoms with Crippen molar-refractivity contribution in [2.45, 2.75) is 75.3 Å². The molecule has 35 heavy (non-hydrogen) atoms. The number of hydrogen-bond donors (Lipinski definition) is 2. The number of hydrazone groups is 1. The number of ether oxygens (including phenoxy) is 2. The second-order valence-electron chi connectivity index (χ2n) is 10.4. The first-order chi connectivity index (χ1) is 16.9. The van der Waals surface area contributed by atoms with E-state index >= 15 is 0 Å². The van der Waals surface area contributed by atoms with E-state index in [1.165, 1.54) is 5.56 Å². The van der Waals surface area contributed by atoms with Gasteiger partial charge in [-0.2, -0.15) is 5.10 Å². The molecule has 7 rings (SSSR count). The molecule has 2 aliphatic carbocycles. The molecule has 2 saturated heterocycles. The SMILES string of the molecule is CC(Oc1ccc2ncc3c(c2c1)CCOC3)/C(C=NC12CC(C1)N(C(=O)C1(O)CCC1)C2)=N/N. The maximum absolute atomic E-state index is 12.8. The Balaban J connectivity index is 1.14. The van der Waals surface area contributed by atoms with Gasteiger partial charge in [-0.1, -0.05) is 0 Å². The third kappa shape index (κ3) is 3.77. The van der Waals surface area contributed by atoms with Crippen LogP contribution in [0.3, 0.4) is 0 Å². The van der Waals surface area contributed by atoms with E-state index in [-0.39, 0.29) is 17.5 Å². The third-order valence-electron chi connectivity index (χ3n) is 8.12. The van der Waals surface area contributed by atoms with E-state index in [1.54, 1.807) is 6.21 Å². The van der Waals surface area contributed by atoms with Gasteiger partial charge in [0.2, 0.25) is 0 Å². The standard InChI is InChI=1S/C26H31N5O4/c1-16(35-19-3-4-22-21(9-19)20-5-8-34-14-17(20)12-28-22)23(30-27)13-29-25-10-18(11-25)31(15-25)24(32)26(33)6-2-7-26/h3-4,9,12-13,16,18,33H,2,5-8,10-11,14-15,27H2,1H3/b29-13?,30-23+. The summed E-state index contributed by atoms with van der Waals surface area (Å²) >= 11 is 0. The third-order valence-corrected chi connectivity index (χ3v) is 8.12. The lowest BCUT2D eigenvalue weighted by molar-refractivity contribution is -0.160. The largest absolute Gasteiger partial charge is 0.484 e. The van der Waals surface area contributed by atoms with E-state index < -0.39 is 11.7 Å². The summed E-state index contributed by atoms with van der Waals surface area (Å²) in [6.07, 6.45) is 7.68. The van der Waals surface area contributed by atoms with Crippen LogP contribution in [0.2, 0.25) is 0 Å². The lowest BCUT2D eigenvalue weighted by atomic mass is 9.77. The summed E-state index contributed by atoms with van der Waals surface area (Å²) in [6.45, 7) is 3.73. The van der Waals surface area contributed by atoms with Crippen molar-refractivity contribution in [3.63, 3.8) is 0 Å². The molecule has 1 aromatic heterocycles. The Kier molecular flexibility index (Phi) is 5.30. The second-order valence-corrected chi connectivity index (χ2v) is 10.4. The van der Waals surface area contributed by atoms with Crippen LogP contribution in [-0.4, -0.2) is 69.3 Å². The number of aromatic nitrogens is 1. The van der Waals surface area contributed by atoms with E-state index in [2.05, 4.69) is 10.1 Å². The van der Waals surface area contributed by atoms with Crippen LogP contribution in [0, 0.1) is 0 Å². The molecular weight excluding hydrogens is 446 g/mol. The smallest absolute Gasteiger partial charge is 0.254 e. The fourth-order valence-corrected chi connectivity index (χ4v) is 5.82. The molecule has 184 valence electrons. The monoisotopic (exact) mass is 477 g/mol. The molecule has 4 fully saturated rings. The van der Waals surface area contributed by atoms with Crippen LogP contribution >= 0.6 is 0 Å². The Bertz CT molecular complexity index is 1230. The van der Waals surface area contributed by atoms with Crippen molar-refractivity contribution >= 4 is 28.7 Å². The highest BCUT2D eigenvalue weighted by Gasteiger charge is 2.59. The first kappa shape index (κ1) is 22.4. The van der Waals surface area contributed by atoms with Crippen LogP contribution in [0.15, 0.2) is 34.5 Å². The van der Waals surface area contributed by atoms with Gasteiger partial charge in [-0.15, -0.1) is 0 Å². The van der Waals surface area contributed by atoms with Crippen molar-refractivity contribution in [1.29, 1.82) is 0 Å². The van der Waals surface area contributed by atoms with E-state index in [0.717, 1.165) is 47.9 Å². The van der Waals surface area contributed by atoms with Gasteiger partial charge in [0.05, 0.1) is 24.3 Å². The molecule has 0 spiro atoms. The van der Waals surface area contributed by atoms with Gasteiger partial charge in [-0.25, -0.2) is 0 Å². The minimum atomic E-state index is -1.16. The van der Waals surface area contributed by atoms with Gasteiger partial charge in [0.1, 0.15) is 23.2 Å². The zero-order chi connectivity index (χ0) is 24.2. The number of aliphatic imine (C=N–C) groups is 1. The Labute approximate surface area is 204 Å². The number of nitrogens with two attached hydrogens (primary N) is 1. The minimum Gasteiger partial charge on any atom is -0.484 e. The zero-order valence-corrected chi connectivity index (χ0v) is 19.9. The summed E-state index contributed by atoms with van der Waals surface area (Å²) in [5, 5.41) is 15.5. The number of pyridine rings is 1. The van der Waals surface area contributed by atoms with Crippen molar-refractivity contribution in [1.82, 2.24) is 9.88 Å². The average Bonchev–Trinajstić information content (AvgIpc) is 3.38. The molecule has 2 saturated carbocycles. The summed E-state index contributed by atoms with van der Waals surface area (Å²) in [6, 6.07) is 6.06. The summed E-state index contributed by atoms with van der Waals surface area (Å²) in [5.41, 5.74) is 2.38. The summed E-state index contributed by atoms with van der Waals surface area (Å²) in [4.78, 5) is 23.9. The molecule has 3 N–H and O–H groups in total. The number of aliphatic hydroxyl groups is 1. The van der Waals surface area contributed by atoms with Crippen molar-refractivity contribution in [2.75, 3.05) is 13.2 Å². The number of benzene rings is 1. The highest BCUT2D eigenvalue weighted by atomic mass is 16.5. The molecular formula is C26H31N5O4. The summed E-state index contributed by atoms with van der Waals surface area (Å²) in [7, 11) is 0. The van der Waals surface area contributed by atoms with E-state index in [1.807, 2.05) is 36.2 Å². The van der Waals surface area contributed by atoms with Crippen molar-refractivity contribution in [2.24, 2.45) is 15.9 Å². The Morgan fingerprint density at radius 3 is 2.97 bits per heavy atom. The fourth-order valence-electron chi connectivity index (χ4n) is 5.82. The van der Waals surface area contributed by atoms with Gasteiger partial charge >= 0.3 is 0 Å². The molecule has 1 aromatic carbocycles. The quantitative estimate of drug-likeness (QED) is 0.373. The van der Waals surface area contributed by atoms with Crippen molar-refractivity contribution < 1.29 is 19.4 Å². The molecule has 9 heteroatoms. The van der Waals surface area contributed by atoms with E-state index in [9.17, 15) is 9.90 Å². The Hall–Kier alpha value is -3.04. The molecule has 1 atom stereocenters. The van der Waals surface area contributed by atoms with Gasteiger partial charge in [-0.3, -0.25) is 14.8 Å². The number of rotatable bonds is 6. The molecule has 2 bridgehead atoms. The van der Waals surface area contributed by atoms with Crippen LogP contribution in [-0.2, 0) is 22.6 Å². The normalized spacial score (nSPS) is 27.9. The Morgan fingerprint density at radius 2 is 2.23 bits per heavy atom. The maximum Gasteiger partial charge on any atom is 0.254 e. The fraction of sp³-hybridized carbons (Fsp3) is 0.538. The maximum atomic E-state index is 12.8. The first-order valence-electron chi connectivity index (χ1n) is 12.4. The van der Waals surface area contributed by atoms with Gasteiger partial charge in [0.15, 0.2) is 0 Å². The zero-order valence-electron chi connectivity index (χ0n) is 19.9. The molecule has 9 nitrogen and oxygen atoms in total. The molecule has 1 unspecified atom stereocenters. The number of amides is 1. The number of nitrogens with zero attached hydrogens (tertiary/aromatic N) is 4. The molecule has 3 aliphatic heterocycles. The van der Waals surface area contributed by atoms with E-state index in [4.69, 9.17) is 20.3 Å². The highest BCUT2D eigenvalue weighted by Crippen LogP contribution is 2.49. The van der Waals surface area contributed by atoms with Crippen molar-refractivity contribution in [3.8, 4) is 5.75 Å².